The monoisotopic (exact) mass is 333 g/mol. The summed E-state index contributed by atoms with van der Waals surface area (Å²) in [6.45, 7) is 0.864. The highest BCUT2D eigenvalue weighted by Gasteiger charge is 2.29. The minimum atomic E-state index is -0.360. The largest absolute Gasteiger partial charge is 0.496 e. The van der Waals surface area contributed by atoms with Crippen molar-refractivity contribution in [2.24, 2.45) is 0 Å². The molecule has 1 aliphatic heterocycles. The number of ether oxygens (including phenoxy) is 1. The molecular weight excluding hydrogens is 321 g/mol. The van der Waals surface area contributed by atoms with Crippen LogP contribution < -0.4 is 4.74 Å². The Bertz CT molecular complexity index is 416. The Morgan fingerprint density at radius 2 is 2.25 bits per heavy atom. The summed E-state index contributed by atoms with van der Waals surface area (Å²) in [5.74, 6) is 0.728. The van der Waals surface area contributed by atoms with E-state index in [0.29, 0.717) is 18.7 Å². The quantitative estimate of drug-likeness (QED) is 0.825. The molecule has 2 rings (SSSR count). The highest BCUT2D eigenvalue weighted by atomic mass is 127. The van der Waals surface area contributed by atoms with Crippen LogP contribution in [0.2, 0.25) is 0 Å². The zero-order chi connectivity index (χ0) is 11.7. The van der Waals surface area contributed by atoms with Gasteiger partial charge in [0.25, 0.3) is 5.91 Å². The van der Waals surface area contributed by atoms with Crippen molar-refractivity contribution < 1.29 is 14.6 Å². The minimum absolute atomic E-state index is 0.0362. The Kier molecular flexibility index (Phi) is 3.34. The van der Waals surface area contributed by atoms with Gasteiger partial charge in [0.2, 0.25) is 0 Å². The molecule has 0 unspecified atom stereocenters. The molecule has 0 saturated carbocycles. The maximum atomic E-state index is 11.9. The number of benzene rings is 1. The molecule has 0 radical (unpaired) electrons. The molecule has 5 heteroatoms. The molecule has 0 atom stereocenters. The second-order valence-electron chi connectivity index (χ2n) is 3.71. The fraction of sp³-hybridized carbons (Fsp3) is 0.364. The topological polar surface area (TPSA) is 49.8 Å². The molecule has 1 saturated heterocycles. The van der Waals surface area contributed by atoms with Gasteiger partial charge >= 0.3 is 0 Å². The van der Waals surface area contributed by atoms with Gasteiger partial charge in [-0.25, -0.2) is 0 Å². The number of aliphatic hydroxyl groups excluding tert-OH is 1. The van der Waals surface area contributed by atoms with E-state index in [1.807, 2.05) is 0 Å². The van der Waals surface area contributed by atoms with E-state index in [1.54, 1.807) is 30.2 Å². The van der Waals surface area contributed by atoms with Crippen LogP contribution in [0, 0.1) is 3.57 Å². The minimum Gasteiger partial charge on any atom is -0.496 e. The molecule has 1 fully saturated rings. The SMILES string of the molecule is COc1ccc(C(=O)N2CC(O)C2)cc1I. The van der Waals surface area contributed by atoms with Gasteiger partial charge in [0.05, 0.1) is 16.8 Å². The number of aliphatic hydroxyl groups is 1. The van der Waals surface area contributed by atoms with E-state index in [1.165, 1.54) is 0 Å². The van der Waals surface area contributed by atoms with Crippen LogP contribution >= 0.6 is 22.6 Å². The molecule has 0 spiro atoms. The standard InChI is InChI=1S/C11H12INO3/c1-16-10-3-2-7(4-9(10)12)11(15)13-5-8(14)6-13/h2-4,8,14H,5-6H2,1H3. The summed E-state index contributed by atoms with van der Waals surface area (Å²) in [5, 5.41) is 9.14. The van der Waals surface area contributed by atoms with Gasteiger partial charge in [-0.2, -0.15) is 0 Å². The van der Waals surface area contributed by atoms with Gasteiger partial charge in [0, 0.05) is 18.7 Å². The first-order chi connectivity index (χ1) is 7.61. The van der Waals surface area contributed by atoms with Crippen molar-refractivity contribution in [1.82, 2.24) is 4.90 Å². The van der Waals surface area contributed by atoms with Crippen molar-refractivity contribution in [3.63, 3.8) is 0 Å². The lowest BCUT2D eigenvalue weighted by Crippen LogP contribution is -2.53. The molecular formula is C11H12INO3. The molecule has 0 aliphatic carbocycles. The van der Waals surface area contributed by atoms with Crippen LogP contribution in [0.4, 0.5) is 0 Å². The molecule has 1 N–H and O–H groups in total. The predicted molar refractivity (Wildman–Crippen MR) is 67.6 cm³/mol. The van der Waals surface area contributed by atoms with Crippen molar-refractivity contribution in [2.75, 3.05) is 20.2 Å². The van der Waals surface area contributed by atoms with Gasteiger partial charge in [0.1, 0.15) is 5.75 Å². The van der Waals surface area contributed by atoms with Crippen molar-refractivity contribution in [1.29, 1.82) is 0 Å². The molecule has 16 heavy (non-hydrogen) atoms. The van der Waals surface area contributed by atoms with E-state index in [-0.39, 0.29) is 12.0 Å². The molecule has 4 nitrogen and oxygen atoms in total. The Balaban J connectivity index is 2.15. The maximum Gasteiger partial charge on any atom is 0.254 e. The Hall–Kier alpha value is -0.820. The number of carbonyl (C=O) groups excluding carboxylic acids is 1. The van der Waals surface area contributed by atoms with Crippen LogP contribution in [0.3, 0.4) is 0 Å². The number of nitrogens with zero attached hydrogens (tertiary/aromatic N) is 1. The average molecular weight is 333 g/mol. The number of amides is 1. The number of rotatable bonds is 2. The normalized spacial score (nSPS) is 15.8. The lowest BCUT2D eigenvalue weighted by Gasteiger charge is -2.35. The Morgan fingerprint density at radius 1 is 1.56 bits per heavy atom. The third-order valence-electron chi connectivity index (χ3n) is 2.55. The van der Waals surface area contributed by atoms with E-state index < -0.39 is 0 Å². The average Bonchev–Trinajstić information content (AvgIpc) is 2.24. The van der Waals surface area contributed by atoms with Gasteiger partial charge < -0.3 is 14.7 Å². The first kappa shape index (κ1) is 11.7. The van der Waals surface area contributed by atoms with Crippen LogP contribution in [-0.2, 0) is 0 Å². The molecule has 86 valence electrons. The van der Waals surface area contributed by atoms with E-state index in [9.17, 15) is 4.79 Å². The van der Waals surface area contributed by atoms with Crippen molar-refractivity contribution in [3.8, 4) is 5.75 Å². The number of hydrogen-bond donors (Lipinski definition) is 1. The van der Waals surface area contributed by atoms with Gasteiger partial charge in [-0.05, 0) is 40.8 Å². The predicted octanol–water partition coefficient (Wildman–Crippen LogP) is 1.12. The van der Waals surface area contributed by atoms with Crippen LogP contribution in [0.15, 0.2) is 18.2 Å². The summed E-state index contributed by atoms with van der Waals surface area (Å²) in [6, 6.07) is 5.33. The second-order valence-corrected chi connectivity index (χ2v) is 4.88. The van der Waals surface area contributed by atoms with Crippen LogP contribution in [0.5, 0.6) is 5.75 Å². The molecule has 0 aromatic heterocycles. The van der Waals surface area contributed by atoms with Crippen LogP contribution in [0.25, 0.3) is 0 Å². The van der Waals surface area contributed by atoms with Crippen LogP contribution in [0.1, 0.15) is 10.4 Å². The summed E-state index contributed by atoms with van der Waals surface area (Å²) in [6.07, 6.45) is -0.360. The molecule has 1 amide bonds. The molecule has 1 aromatic rings. The first-order valence-corrected chi connectivity index (χ1v) is 6.00. The third kappa shape index (κ3) is 2.15. The summed E-state index contributed by atoms with van der Waals surface area (Å²) in [4.78, 5) is 13.5. The fourth-order valence-corrected chi connectivity index (χ4v) is 2.34. The summed E-state index contributed by atoms with van der Waals surface area (Å²) in [7, 11) is 1.60. The number of hydrogen-bond acceptors (Lipinski definition) is 3. The van der Waals surface area contributed by atoms with Crippen molar-refractivity contribution >= 4 is 28.5 Å². The second kappa shape index (κ2) is 4.58. The van der Waals surface area contributed by atoms with Gasteiger partial charge in [-0.1, -0.05) is 0 Å². The third-order valence-corrected chi connectivity index (χ3v) is 3.39. The van der Waals surface area contributed by atoms with Gasteiger partial charge in [-0.15, -0.1) is 0 Å². The first-order valence-electron chi connectivity index (χ1n) is 4.92. The van der Waals surface area contributed by atoms with E-state index >= 15 is 0 Å². The smallest absolute Gasteiger partial charge is 0.254 e. The number of methoxy groups -OCH3 is 1. The number of halogens is 1. The summed E-state index contributed by atoms with van der Waals surface area (Å²) < 4.78 is 6.03. The zero-order valence-corrected chi connectivity index (χ0v) is 11.0. The maximum absolute atomic E-state index is 11.9. The van der Waals surface area contributed by atoms with E-state index in [4.69, 9.17) is 9.84 Å². The zero-order valence-electron chi connectivity index (χ0n) is 8.81. The molecule has 0 bridgehead atoms. The van der Waals surface area contributed by atoms with Crippen molar-refractivity contribution in [3.05, 3.63) is 27.3 Å². The van der Waals surface area contributed by atoms with Gasteiger partial charge in [0.15, 0.2) is 0 Å². The summed E-state index contributed by atoms with van der Waals surface area (Å²) in [5.41, 5.74) is 0.636. The molecule has 1 aliphatic rings. The Morgan fingerprint density at radius 3 is 2.75 bits per heavy atom. The van der Waals surface area contributed by atoms with E-state index in [0.717, 1.165) is 9.32 Å². The fourth-order valence-electron chi connectivity index (χ4n) is 1.60. The van der Waals surface area contributed by atoms with Crippen LogP contribution in [-0.4, -0.2) is 42.2 Å². The molecule has 1 aromatic carbocycles. The highest BCUT2D eigenvalue weighted by molar-refractivity contribution is 14.1. The van der Waals surface area contributed by atoms with Gasteiger partial charge in [-0.3, -0.25) is 4.79 Å². The Labute approximate surface area is 107 Å². The molecule has 1 heterocycles. The summed E-state index contributed by atoms with van der Waals surface area (Å²) >= 11 is 2.13. The number of likely N-dealkylation sites (tertiary alicyclic amines) is 1. The number of β-amino-alcohol motifs (C(OH)–C–C–N with tert-alkyl or cyclic N) is 1. The highest BCUT2D eigenvalue weighted by Crippen LogP contribution is 2.23. The van der Waals surface area contributed by atoms with E-state index in [2.05, 4.69) is 22.6 Å². The number of carbonyl (C=O) groups is 1. The lowest BCUT2D eigenvalue weighted by atomic mass is 10.1. The van der Waals surface area contributed by atoms with Crippen molar-refractivity contribution in [2.45, 2.75) is 6.10 Å². The lowest BCUT2D eigenvalue weighted by molar-refractivity contribution is 0.00589.